The Labute approximate surface area is 161 Å². The van der Waals surface area contributed by atoms with Crippen molar-refractivity contribution in [2.24, 2.45) is 0 Å². The predicted molar refractivity (Wildman–Crippen MR) is 96.6 cm³/mol. The van der Waals surface area contributed by atoms with Crippen LogP contribution in [0.15, 0.2) is 41.4 Å². The standard InChI is InChI=1S/C15H12BrClFN7O/c1-8(13-21-7-22-25(13)14-19-3-2-4-20-14)23-15(26)24-12-6-11(18)9(16)5-10(12)17/h2-8H,1H3,(H2,23,24,26)/t8-/m0/s1. The molecule has 134 valence electrons. The quantitative estimate of drug-likeness (QED) is 0.605. The van der Waals surface area contributed by atoms with Crippen LogP contribution in [0.1, 0.15) is 18.8 Å². The minimum atomic E-state index is -0.579. The summed E-state index contributed by atoms with van der Waals surface area (Å²) in [7, 11) is 0. The van der Waals surface area contributed by atoms with E-state index in [1.165, 1.54) is 17.1 Å². The Kier molecular flexibility index (Phi) is 5.43. The summed E-state index contributed by atoms with van der Waals surface area (Å²) in [6, 6.07) is 3.05. The van der Waals surface area contributed by atoms with Gasteiger partial charge >= 0.3 is 6.03 Å². The number of urea groups is 1. The minimum absolute atomic E-state index is 0.143. The first-order valence-corrected chi connectivity index (χ1v) is 8.52. The molecule has 0 aliphatic carbocycles. The van der Waals surface area contributed by atoms with Gasteiger partial charge in [-0.2, -0.15) is 9.78 Å². The summed E-state index contributed by atoms with van der Waals surface area (Å²) >= 11 is 9.03. The van der Waals surface area contributed by atoms with Crippen molar-refractivity contribution in [1.82, 2.24) is 30.0 Å². The number of amides is 2. The van der Waals surface area contributed by atoms with Crippen LogP contribution in [0.4, 0.5) is 14.9 Å². The van der Waals surface area contributed by atoms with Gasteiger partial charge in [-0.05, 0) is 35.0 Å². The molecule has 2 aromatic heterocycles. The fourth-order valence-corrected chi connectivity index (χ4v) is 2.82. The van der Waals surface area contributed by atoms with E-state index < -0.39 is 17.9 Å². The molecule has 0 saturated heterocycles. The van der Waals surface area contributed by atoms with Gasteiger partial charge in [0.25, 0.3) is 5.95 Å². The van der Waals surface area contributed by atoms with Crippen molar-refractivity contribution in [2.45, 2.75) is 13.0 Å². The first-order valence-electron chi connectivity index (χ1n) is 7.35. The van der Waals surface area contributed by atoms with Crippen LogP contribution in [0.5, 0.6) is 0 Å². The van der Waals surface area contributed by atoms with Gasteiger partial charge in [-0.15, -0.1) is 0 Å². The lowest BCUT2D eigenvalue weighted by atomic mass is 10.3. The van der Waals surface area contributed by atoms with Crippen LogP contribution < -0.4 is 10.6 Å². The number of hydrogen-bond donors (Lipinski definition) is 2. The van der Waals surface area contributed by atoms with Gasteiger partial charge in [0.05, 0.1) is 21.2 Å². The number of halogens is 3. The van der Waals surface area contributed by atoms with Gasteiger partial charge in [-0.25, -0.2) is 24.1 Å². The Morgan fingerprint density at radius 2 is 2.04 bits per heavy atom. The summed E-state index contributed by atoms with van der Waals surface area (Å²) in [6.07, 6.45) is 4.48. The summed E-state index contributed by atoms with van der Waals surface area (Å²) in [5.74, 6) is 0.213. The van der Waals surface area contributed by atoms with E-state index in [0.29, 0.717) is 11.8 Å². The highest BCUT2D eigenvalue weighted by molar-refractivity contribution is 9.10. The smallest absolute Gasteiger partial charge is 0.319 e. The SMILES string of the molecule is C[C@H](NC(=O)Nc1cc(F)c(Br)cc1Cl)c1ncnn1-c1ncccn1. The summed E-state index contributed by atoms with van der Waals surface area (Å²) < 4.78 is 15.2. The normalized spacial score (nSPS) is 11.8. The first-order chi connectivity index (χ1) is 12.5. The van der Waals surface area contributed by atoms with E-state index in [1.54, 1.807) is 25.4 Å². The molecule has 0 radical (unpaired) electrons. The second kappa shape index (κ2) is 7.75. The first kappa shape index (κ1) is 18.2. The molecule has 0 spiro atoms. The number of carbonyl (C=O) groups is 1. The minimum Gasteiger partial charge on any atom is -0.328 e. The molecular weight excluding hydrogens is 429 g/mol. The molecule has 0 unspecified atom stereocenters. The average molecular weight is 441 g/mol. The largest absolute Gasteiger partial charge is 0.328 e. The second-order valence-corrected chi connectivity index (χ2v) is 6.41. The Bertz CT molecular complexity index is 937. The highest BCUT2D eigenvalue weighted by atomic mass is 79.9. The van der Waals surface area contributed by atoms with Crippen molar-refractivity contribution in [1.29, 1.82) is 0 Å². The molecule has 1 atom stereocenters. The molecule has 3 rings (SSSR count). The Hall–Kier alpha value is -2.59. The molecule has 26 heavy (non-hydrogen) atoms. The molecule has 1 aromatic carbocycles. The maximum atomic E-state index is 13.6. The van der Waals surface area contributed by atoms with E-state index in [0.717, 1.165) is 6.07 Å². The van der Waals surface area contributed by atoms with E-state index in [4.69, 9.17) is 11.6 Å². The van der Waals surface area contributed by atoms with Crippen molar-refractivity contribution >= 4 is 39.2 Å². The van der Waals surface area contributed by atoms with Crippen molar-refractivity contribution in [2.75, 3.05) is 5.32 Å². The van der Waals surface area contributed by atoms with Crippen LogP contribution in [-0.4, -0.2) is 30.8 Å². The fourth-order valence-electron chi connectivity index (χ4n) is 2.14. The Balaban J connectivity index is 1.73. The number of hydrogen-bond acceptors (Lipinski definition) is 5. The second-order valence-electron chi connectivity index (χ2n) is 5.15. The Morgan fingerprint density at radius 1 is 1.31 bits per heavy atom. The zero-order valence-corrected chi connectivity index (χ0v) is 15.7. The van der Waals surface area contributed by atoms with Crippen molar-refractivity contribution in [3.8, 4) is 5.95 Å². The molecule has 2 amide bonds. The van der Waals surface area contributed by atoms with Gasteiger partial charge in [0.1, 0.15) is 12.1 Å². The molecule has 0 bridgehead atoms. The summed E-state index contributed by atoms with van der Waals surface area (Å²) in [5.41, 5.74) is 0.143. The molecule has 0 aliphatic heterocycles. The lowest BCUT2D eigenvalue weighted by Crippen LogP contribution is -2.32. The molecule has 3 aromatic rings. The summed E-state index contributed by atoms with van der Waals surface area (Å²) in [5, 5.41) is 9.44. The number of carbonyl (C=O) groups excluding carboxylic acids is 1. The van der Waals surface area contributed by atoms with Gasteiger partial charge in [-0.1, -0.05) is 11.6 Å². The maximum Gasteiger partial charge on any atom is 0.319 e. The van der Waals surface area contributed by atoms with Crippen LogP contribution in [0.3, 0.4) is 0 Å². The molecule has 0 fully saturated rings. The molecule has 2 N–H and O–H groups in total. The lowest BCUT2D eigenvalue weighted by molar-refractivity contribution is 0.248. The zero-order chi connectivity index (χ0) is 18.7. The highest BCUT2D eigenvalue weighted by Gasteiger charge is 2.18. The number of rotatable bonds is 4. The molecule has 0 saturated carbocycles. The maximum absolute atomic E-state index is 13.6. The topological polar surface area (TPSA) is 97.6 Å². The summed E-state index contributed by atoms with van der Waals surface area (Å²) in [4.78, 5) is 24.5. The third kappa shape index (κ3) is 3.97. The average Bonchev–Trinajstić information content (AvgIpc) is 3.10. The van der Waals surface area contributed by atoms with Gasteiger partial charge in [-0.3, -0.25) is 0 Å². The van der Waals surface area contributed by atoms with Crippen LogP contribution in [0.25, 0.3) is 5.95 Å². The summed E-state index contributed by atoms with van der Waals surface area (Å²) in [6.45, 7) is 1.72. The van der Waals surface area contributed by atoms with Gasteiger partial charge in [0.15, 0.2) is 5.82 Å². The monoisotopic (exact) mass is 439 g/mol. The van der Waals surface area contributed by atoms with Gasteiger partial charge in [0.2, 0.25) is 0 Å². The Morgan fingerprint density at radius 3 is 2.77 bits per heavy atom. The van der Waals surface area contributed by atoms with Gasteiger partial charge in [0, 0.05) is 18.5 Å². The van der Waals surface area contributed by atoms with E-state index in [1.807, 2.05) is 0 Å². The molecular formula is C15H12BrClFN7O. The van der Waals surface area contributed by atoms with E-state index in [2.05, 4.69) is 46.6 Å². The fraction of sp³-hybridized carbons (Fsp3) is 0.133. The number of anilines is 1. The van der Waals surface area contributed by atoms with E-state index in [-0.39, 0.29) is 15.2 Å². The van der Waals surface area contributed by atoms with Crippen LogP contribution >= 0.6 is 27.5 Å². The number of aromatic nitrogens is 5. The predicted octanol–water partition coefficient (Wildman–Crippen LogP) is 3.50. The van der Waals surface area contributed by atoms with Crippen molar-refractivity contribution in [3.05, 3.63) is 58.1 Å². The van der Waals surface area contributed by atoms with Gasteiger partial charge < -0.3 is 10.6 Å². The number of nitrogens with one attached hydrogen (secondary N) is 2. The van der Waals surface area contributed by atoms with Crippen LogP contribution in [0.2, 0.25) is 5.02 Å². The zero-order valence-electron chi connectivity index (χ0n) is 13.3. The number of benzene rings is 1. The molecule has 8 nitrogen and oxygen atoms in total. The third-order valence-electron chi connectivity index (χ3n) is 3.31. The van der Waals surface area contributed by atoms with E-state index >= 15 is 0 Å². The third-order valence-corrected chi connectivity index (χ3v) is 4.23. The molecule has 0 aliphatic rings. The van der Waals surface area contributed by atoms with Crippen molar-refractivity contribution in [3.63, 3.8) is 0 Å². The molecule has 11 heteroatoms. The molecule has 2 heterocycles. The van der Waals surface area contributed by atoms with Crippen molar-refractivity contribution < 1.29 is 9.18 Å². The lowest BCUT2D eigenvalue weighted by Gasteiger charge is -2.15. The van der Waals surface area contributed by atoms with Crippen LogP contribution in [-0.2, 0) is 0 Å². The van der Waals surface area contributed by atoms with Crippen LogP contribution in [0, 0.1) is 5.82 Å². The van der Waals surface area contributed by atoms with E-state index in [9.17, 15) is 9.18 Å². The highest BCUT2D eigenvalue weighted by Crippen LogP contribution is 2.28. The number of nitrogens with zero attached hydrogens (tertiary/aromatic N) is 5.